The number of nitrogens with zero attached hydrogens (tertiary/aromatic N) is 1. The molecule has 1 aliphatic carbocycles. The highest BCUT2D eigenvalue weighted by Crippen LogP contribution is 2.52. The molecule has 1 amide bonds. The molecule has 0 bridgehead atoms. The summed E-state index contributed by atoms with van der Waals surface area (Å²) in [6.45, 7) is 7.42. The van der Waals surface area contributed by atoms with Gasteiger partial charge >= 0.3 is 0 Å². The van der Waals surface area contributed by atoms with Crippen LogP contribution in [0.2, 0.25) is 0 Å². The molecular formula is C14H20N2OS. The highest BCUT2D eigenvalue weighted by Gasteiger charge is 2.49. The third kappa shape index (κ3) is 1.97. The van der Waals surface area contributed by atoms with Crippen LogP contribution >= 0.6 is 11.3 Å². The van der Waals surface area contributed by atoms with Gasteiger partial charge in [0.2, 0.25) is 5.91 Å². The van der Waals surface area contributed by atoms with E-state index in [0.717, 1.165) is 6.54 Å². The zero-order valence-electron chi connectivity index (χ0n) is 11.1. The van der Waals surface area contributed by atoms with Crippen molar-refractivity contribution < 1.29 is 4.79 Å². The lowest BCUT2D eigenvalue weighted by Gasteiger charge is -2.24. The van der Waals surface area contributed by atoms with E-state index in [1.54, 1.807) is 11.3 Å². The average Bonchev–Trinajstić information content (AvgIpc) is 2.75. The van der Waals surface area contributed by atoms with E-state index in [0.29, 0.717) is 11.3 Å². The van der Waals surface area contributed by atoms with Crippen LogP contribution < -0.4 is 5.32 Å². The fourth-order valence-corrected chi connectivity index (χ4v) is 3.48. The first-order valence-electron chi connectivity index (χ1n) is 6.58. The number of carbonyl (C=O) groups is 1. The van der Waals surface area contributed by atoms with E-state index in [9.17, 15) is 4.79 Å². The first-order chi connectivity index (χ1) is 8.49. The maximum atomic E-state index is 12.3. The molecule has 1 saturated heterocycles. The van der Waals surface area contributed by atoms with Crippen molar-refractivity contribution >= 4 is 17.2 Å². The largest absolute Gasteiger partial charge is 0.321 e. The predicted molar refractivity (Wildman–Crippen MR) is 73.3 cm³/mol. The maximum Gasteiger partial charge on any atom is 0.241 e. The Kier molecular flexibility index (Phi) is 2.75. The summed E-state index contributed by atoms with van der Waals surface area (Å²) in [7, 11) is 0. The van der Waals surface area contributed by atoms with E-state index in [1.165, 1.54) is 12.0 Å². The summed E-state index contributed by atoms with van der Waals surface area (Å²) in [5.41, 5.74) is 1.64. The van der Waals surface area contributed by atoms with Gasteiger partial charge < -0.3 is 4.90 Å². The van der Waals surface area contributed by atoms with Gasteiger partial charge in [0.1, 0.15) is 6.17 Å². The fraction of sp³-hybridized carbons (Fsp3) is 0.643. The third-order valence-electron chi connectivity index (χ3n) is 4.37. The van der Waals surface area contributed by atoms with Crippen molar-refractivity contribution in [1.29, 1.82) is 0 Å². The van der Waals surface area contributed by atoms with Crippen LogP contribution in [0.1, 0.15) is 38.9 Å². The van der Waals surface area contributed by atoms with Crippen LogP contribution in [0.5, 0.6) is 0 Å². The number of amides is 1. The number of nitrogens with one attached hydrogen (secondary N) is 1. The van der Waals surface area contributed by atoms with Gasteiger partial charge in [-0.3, -0.25) is 10.1 Å². The van der Waals surface area contributed by atoms with Crippen LogP contribution in [0.4, 0.5) is 0 Å². The third-order valence-corrected chi connectivity index (χ3v) is 5.07. The van der Waals surface area contributed by atoms with E-state index in [2.05, 4.69) is 36.0 Å². The molecule has 4 heteroatoms. The molecule has 98 valence electrons. The summed E-state index contributed by atoms with van der Waals surface area (Å²) < 4.78 is 0. The molecule has 0 spiro atoms. The lowest BCUT2D eigenvalue weighted by Crippen LogP contribution is -2.33. The van der Waals surface area contributed by atoms with Gasteiger partial charge in [-0.2, -0.15) is 11.3 Å². The predicted octanol–water partition coefficient (Wildman–Crippen LogP) is 2.61. The Balaban J connectivity index is 1.78. The van der Waals surface area contributed by atoms with Gasteiger partial charge in [0.15, 0.2) is 0 Å². The van der Waals surface area contributed by atoms with Crippen molar-refractivity contribution in [2.24, 2.45) is 11.3 Å². The van der Waals surface area contributed by atoms with Gasteiger partial charge in [-0.25, -0.2) is 0 Å². The Bertz CT molecular complexity index is 454. The zero-order valence-corrected chi connectivity index (χ0v) is 12.0. The van der Waals surface area contributed by atoms with Gasteiger partial charge in [0, 0.05) is 6.54 Å². The normalized spacial score (nSPS) is 34.1. The first-order valence-corrected chi connectivity index (χ1v) is 7.52. The molecule has 1 N–H and O–H groups in total. The van der Waals surface area contributed by atoms with E-state index in [4.69, 9.17) is 0 Å². The van der Waals surface area contributed by atoms with Crippen LogP contribution in [0.15, 0.2) is 16.8 Å². The molecule has 0 radical (unpaired) electrons. The molecule has 1 aromatic rings. The summed E-state index contributed by atoms with van der Waals surface area (Å²) in [5.74, 6) is 0.906. The summed E-state index contributed by atoms with van der Waals surface area (Å²) in [6, 6.07) is 2.05. The fourth-order valence-electron chi connectivity index (χ4n) is 2.80. The Morgan fingerprint density at radius 1 is 1.56 bits per heavy atom. The SMILES string of the molecule is CC1NC(c2ccsc2)N(CC2CC2(C)C)C1=O. The molecule has 1 aliphatic heterocycles. The molecule has 1 saturated carbocycles. The average molecular weight is 264 g/mol. The first kappa shape index (κ1) is 12.2. The molecule has 2 fully saturated rings. The van der Waals surface area contributed by atoms with E-state index < -0.39 is 0 Å². The van der Waals surface area contributed by atoms with Crippen molar-refractivity contribution in [1.82, 2.24) is 10.2 Å². The number of thiophene rings is 1. The van der Waals surface area contributed by atoms with Gasteiger partial charge in [-0.15, -0.1) is 0 Å². The van der Waals surface area contributed by atoms with Crippen molar-refractivity contribution in [3.63, 3.8) is 0 Å². The topological polar surface area (TPSA) is 32.3 Å². The number of rotatable bonds is 3. The van der Waals surface area contributed by atoms with Crippen LogP contribution in [0.3, 0.4) is 0 Å². The van der Waals surface area contributed by atoms with E-state index in [1.807, 2.05) is 11.8 Å². The van der Waals surface area contributed by atoms with Crippen LogP contribution in [-0.2, 0) is 4.79 Å². The van der Waals surface area contributed by atoms with Gasteiger partial charge in [-0.1, -0.05) is 13.8 Å². The van der Waals surface area contributed by atoms with Crippen molar-refractivity contribution in [3.05, 3.63) is 22.4 Å². The number of carbonyl (C=O) groups excluding carboxylic acids is 1. The minimum absolute atomic E-state index is 0.0586. The van der Waals surface area contributed by atoms with Gasteiger partial charge in [0.25, 0.3) is 0 Å². The lowest BCUT2D eigenvalue weighted by molar-refractivity contribution is -0.130. The Morgan fingerprint density at radius 2 is 2.28 bits per heavy atom. The standard InChI is InChI=1S/C14H20N2OS/c1-9-13(17)16(7-11-6-14(11,2)3)12(15-9)10-4-5-18-8-10/h4-5,8-9,11-12,15H,6-7H2,1-3H3. The summed E-state index contributed by atoms with van der Waals surface area (Å²) in [5, 5.41) is 7.61. The monoisotopic (exact) mass is 264 g/mol. The highest BCUT2D eigenvalue weighted by atomic mass is 32.1. The molecule has 0 aromatic carbocycles. The summed E-state index contributed by atoms with van der Waals surface area (Å²) in [6.07, 6.45) is 1.32. The Labute approximate surface area is 112 Å². The maximum absolute atomic E-state index is 12.3. The molecule has 3 atom stereocenters. The quantitative estimate of drug-likeness (QED) is 0.910. The summed E-state index contributed by atoms with van der Waals surface area (Å²) in [4.78, 5) is 14.3. The molecule has 3 unspecified atom stereocenters. The van der Waals surface area contributed by atoms with Crippen molar-refractivity contribution in [2.75, 3.05) is 6.54 Å². The molecular weight excluding hydrogens is 244 g/mol. The minimum Gasteiger partial charge on any atom is -0.321 e. The van der Waals surface area contributed by atoms with E-state index in [-0.39, 0.29) is 18.1 Å². The zero-order chi connectivity index (χ0) is 12.9. The van der Waals surface area contributed by atoms with Crippen LogP contribution in [0, 0.1) is 11.3 Å². The smallest absolute Gasteiger partial charge is 0.241 e. The second-order valence-corrected chi connectivity index (χ2v) is 7.01. The van der Waals surface area contributed by atoms with E-state index >= 15 is 0 Å². The molecule has 3 nitrogen and oxygen atoms in total. The second-order valence-electron chi connectivity index (χ2n) is 6.23. The molecule has 2 aliphatic rings. The summed E-state index contributed by atoms with van der Waals surface area (Å²) >= 11 is 1.69. The minimum atomic E-state index is -0.0586. The van der Waals surface area contributed by atoms with Crippen LogP contribution in [-0.4, -0.2) is 23.4 Å². The Morgan fingerprint density at radius 3 is 2.83 bits per heavy atom. The second kappa shape index (κ2) is 4.07. The lowest BCUT2D eigenvalue weighted by atomic mass is 10.1. The molecule has 3 rings (SSSR count). The van der Waals surface area contributed by atoms with Crippen molar-refractivity contribution in [2.45, 2.75) is 39.4 Å². The molecule has 2 heterocycles. The van der Waals surface area contributed by atoms with Gasteiger partial charge in [0.05, 0.1) is 6.04 Å². The number of hydrogen-bond acceptors (Lipinski definition) is 3. The molecule has 1 aromatic heterocycles. The number of hydrogen-bond donors (Lipinski definition) is 1. The van der Waals surface area contributed by atoms with Crippen molar-refractivity contribution in [3.8, 4) is 0 Å². The van der Waals surface area contributed by atoms with Crippen LogP contribution in [0.25, 0.3) is 0 Å². The highest BCUT2D eigenvalue weighted by molar-refractivity contribution is 7.07. The van der Waals surface area contributed by atoms with Gasteiger partial charge in [-0.05, 0) is 47.1 Å². The Hall–Kier alpha value is -0.870. The molecule has 18 heavy (non-hydrogen) atoms.